The third kappa shape index (κ3) is 4.40. The van der Waals surface area contributed by atoms with Gasteiger partial charge in [0.2, 0.25) is 0 Å². The van der Waals surface area contributed by atoms with E-state index >= 15 is 0 Å². The average Bonchev–Trinajstić information content (AvgIpc) is 2.55. The zero-order valence-electron chi connectivity index (χ0n) is 11.2. The molecule has 1 fully saturated rings. The fourth-order valence-corrected chi connectivity index (χ4v) is 2.33. The zero-order chi connectivity index (χ0) is 12.2. The van der Waals surface area contributed by atoms with Gasteiger partial charge in [-0.05, 0) is 46.0 Å². The third-order valence-corrected chi connectivity index (χ3v) is 3.21. The van der Waals surface area contributed by atoms with E-state index < -0.39 is 0 Å². The maximum Gasteiger partial charge on any atom is 0.0807 e. The normalized spacial score (nSPS) is 30.9. The summed E-state index contributed by atoms with van der Waals surface area (Å²) in [6.07, 6.45) is 3.43. The minimum atomic E-state index is -0.0811. The number of nitrogens with two attached hydrogens (primary N) is 1. The zero-order valence-corrected chi connectivity index (χ0v) is 11.2. The van der Waals surface area contributed by atoms with E-state index in [4.69, 9.17) is 15.2 Å². The predicted molar refractivity (Wildman–Crippen MR) is 66.5 cm³/mol. The lowest BCUT2D eigenvalue weighted by Gasteiger charge is -2.29. The lowest BCUT2D eigenvalue weighted by atomic mass is 10.0. The SMILES string of the molecule is CC1CCC(CN)(OCCOC(C)(C)C)C1. The van der Waals surface area contributed by atoms with Gasteiger partial charge in [-0.25, -0.2) is 0 Å². The molecular weight excluding hydrogens is 202 g/mol. The van der Waals surface area contributed by atoms with Crippen LogP contribution in [0.4, 0.5) is 0 Å². The molecule has 3 heteroatoms. The molecule has 2 atom stereocenters. The van der Waals surface area contributed by atoms with Crippen LogP contribution in [-0.2, 0) is 9.47 Å². The second-order valence-corrected chi connectivity index (χ2v) is 6.04. The standard InChI is InChI=1S/C13H27NO2/c1-11-5-6-13(9-11,10-14)16-8-7-15-12(2,3)4/h11H,5-10,14H2,1-4H3. The molecule has 1 aliphatic rings. The molecule has 0 spiro atoms. The minimum Gasteiger partial charge on any atom is -0.373 e. The molecule has 0 aromatic heterocycles. The molecule has 2 unspecified atom stereocenters. The van der Waals surface area contributed by atoms with E-state index in [1.807, 2.05) is 0 Å². The summed E-state index contributed by atoms with van der Waals surface area (Å²) in [7, 11) is 0. The molecule has 1 aliphatic carbocycles. The van der Waals surface area contributed by atoms with Gasteiger partial charge in [0.25, 0.3) is 0 Å². The van der Waals surface area contributed by atoms with E-state index in [2.05, 4.69) is 27.7 Å². The van der Waals surface area contributed by atoms with Crippen molar-refractivity contribution in [3.05, 3.63) is 0 Å². The molecule has 1 rings (SSSR count). The number of rotatable bonds is 5. The molecule has 3 nitrogen and oxygen atoms in total. The summed E-state index contributed by atoms with van der Waals surface area (Å²) < 4.78 is 11.6. The van der Waals surface area contributed by atoms with Gasteiger partial charge in [-0.1, -0.05) is 6.92 Å². The first kappa shape index (κ1) is 13.9. The predicted octanol–water partition coefficient (Wildman–Crippen LogP) is 2.34. The first-order valence-corrected chi connectivity index (χ1v) is 6.35. The lowest BCUT2D eigenvalue weighted by molar-refractivity contribution is -0.0871. The van der Waals surface area contributed by atoms with Gasteiger partial charge in [0, 0.05) is 6.54 Å². The van der Waals surface area contributed by atoms with Gasteiger partial charge in [-0.3, -0.25) is 0 Å². The average molecular weight is 229 g/mol. The van der Waals surface area contributed by atoms with Crippen LogP contribution in [0.2, 0.25) is 0 Å². The van der Waals surface area contributed by atoms with Crippen molar-refractivity contribution < 1.29 is 9.47 Å². The van der Waals surface area contributed by atoms with Gasteiger partial charge in [-0.2, -0.15) is 0 Å². The van der Waals surface area contributed by atoms with E-state index in [1.54, 1.807) is 0 Å². The molecule has 0 saturated heterocycles. The van der Waals surface area contributed by atoms with Crippen LogP contribution in [0.1, 0.15) is 47.0 Å². The van der Waals surface area contributed by atoms with Crippen LogP contribution in [0.3, 0.4) is 0 Å². The Bertz CT molecular complexity index is 212. The molecule has 0 aromatic carbocycles. The molecule has 2 N–H and O–H groups in total. The van der Waals surface area contributed by atoms with Crippen molar-refractivity contribution in [3.63, 3.8) is 0 Å². The monoisotopic (exact) mass is 229 g/mol. The summed E-state index contributed by atoms with van der Waals surface area (Å²) in [5.74, 6) is 0.743. The fourth-order valence-electron chi connectivity index (χ4n) is 2.33. The van der Waals surface area contributed by atoms with Crippen LogP contribution in [0, 0.1) is 5.92 Å². The highest BCUT2D eigenvalue weighted by Crippen LogP contribution is 2.36. The van der Waals surface area contributed by atoms with Crippen LogP contribution >= 0.6 is 0 Å². The first-order valence-electron chi connectivity index (χ1n) is 6.35. The molecule has 1 saturated carbocycles. The topological polar surface area (TPSA) is 44.5 Å². The van der Waals surface area contributed by atoms with Crippen molar-refractivity contribution in [3.8, 4) is 0 Å². The number of hydrogen-bond donors (Lipinski definition) is 1. The van der Waals surface area contributed by atoms with Gasteiger partial charge in [-0.15, -0.1) is 0 Å². The van der Waals surface area contributed by atoms with Crippen LogP contribution in [0.5, 0.6) is 0 Å². The molecule has 16 heavy (non-hydrogen) atoms. The summed E-state index contributed by atoms with van der Waals surface area (Å²) in [6.45, 7) is 10.4. The molecular formula is C13H27NO2. The summed E-state index contributed by atoms with van der Waals surface area (Å²) in [6, 6.07) is 0. The number of ether oxygens (including phenoxy) is 2. The van der Waals surface area contributed by atoms with Crippen molar-refractivity contribution in [2.45, 2.75) is 58.2 Å². The molecule has 0 aromatic rings. The van der Waals surface area contributed by atoms with Gasteiger partial charge < -0.3 is 15.2 Å². The minimum absolute atomic E-state index is 0.0688. The van der Waals surface area contributed by atoms with E-state index in [0.29, 0.717) is 19.8 Å². The Labute approximate surface area is 99.7 Å². The Morgan fingerprint density at radius 1 is 1.31 bits per heavy atom. The van der Waals surface area contributed by atoms with Crippen molar-refractivity contribution in [2.24, 2.45) is 11.7 Å². The van der Waals surface area contributed by atoms with Crippen LogP contribution in [-0.4, -0.2) is 31.0 Å². The Morgan fingerprint density at radius 3 is 2.44 bits per heavy atom. The van der Waals surface area contributed by atoms with Gasteiger partial charge in [0.05, 0.1) is 24.4 Å². The second kappa shape index (κ2) is 5.48. The van der Waals surface area contributed by atoms with Crippen molar-refractivity contribution in [1.82, 2.24) is 0 Å². The van der Waals surface area contributed by atoms with Crippen LogP contribution < -0.4 is 5.73 Å². The third-order valence-electron chi connectivity index (χ3n) is 3.21. The Morgan fingerprint density at radius 2 is 2.00 bits per heavy atom. The highest BCUT2D eigenvalue weighted by atomic mass is 16.5. The number of hydrogen-bond acceptors (Lipinski definition) is 3. The lowest BCUT2D eigenvalue weighted by Crippen LogP contribution is -2.39. The van der Waals surface area contributed by atoms with Gasteiger partial charge in [0.15, 0.2) is 0 Å². The van der Waals surface area contributed by atoms with Crippen LogP contribution in [0.25, 0.3) is 0 Å². The Hall–Kier alpha value is -0.120. The van der Waals surface area contributed by atoms with Crippen molar-refractivity contribution in [2.75, 3.05) is 19.8 Å². The first-order chi connectivity index (χ1) is 7.37. The largest absolute Gasteiger partial charge is 0.373 e. The molecule has 0 heterocycles. The fraction of sp³-hybridized carbons (Fsp3) is 1.00. The van der Waals surface area contributed by atoms with Crippen molar-refractivity contribution in [1.29, 1.82) is 0 Å². The Kier molecular flexibility index (Phi) is 4.77. The van der Waals surface area contributed by atoms with E-state index in [1.165, 1.54) is 6.42 Å². The highest BCUT2D eigenvalue weighted by Gasteiger charge is 2.37. The highest BCUT2D eigenvalue weighted by molar-refractivity contribution is 4.90. The van der Waals surface area contributed by atoms with Crippen molar-refractivity contribution >= 4 is 0 Å². The van der Waals surface area contributed by atoms with E-state index in [9.17, 15) is 0 Å². The quantitative estimate of drug-likeness (QED) is 0.736. The second-order valence-electron chi connectivity index (χ2n) is 6.04. The summed E-state index contributed by atoms with van der Waals surface area (Å²) >= 11 is 0. The maximum absolute atomic E-state index is 5.96. The maximum atomic E-state index is 5.96. The van der Waals surface area contributed by atoms with E-state index in [0.717, 1.165) is 18.8 Å². The molecule has 0 bridgehead atoms. The molecule has 0 radical (unpaired) electrons. The molecule has 0 amide bonds. The van der Waals surface area contributed by atoms with E-state index in [-0.39, 0.29) is 11.2 Å². The molecule has 0 aliphatic heterocycles. The summed E-state index contributed by atoms with van der Waals surface area (Å²) in [5, 5.41) is 0. The summed E-state index contributed by atoms with van der Waals surface area (Å²) in [4.78, 5) is 0. The molecule has 96 valence electrons. The van der Waals surface area contributed by atoms with Crippen LogP contribution in [0.15, 0.2) is 0 Å². The smallest absolute Gasteiger partial charge is 0.0807 e. The summed E-state index contributed by atoms with van der Waals surface area (Å²) in [5.41, 5.74) is 5.68. The van der Waals surface area contributed by atoms with Gasteiger partial charge >= 0.3 is 0 Å². The Balaban J connectivity index is 2.25. The van der Waals surface area contributed by atoms with Gasteiger partial charge in [0.1, 0.15) is 0 Å².